The summed E-state index contributed by atoms with van der Waals surface area (Å²) in [6.07, 6.45) is 0.110. The van der Waals surface area contributed by atoms with E-state index in [2.05, 4.69) is 0 Å². The lowest BCUT2D eigenvalue weighted by molar-refractivity contribution is -0.153. The number of methoxy groups -OCH3 is 1. The summed E-state index contributed by atoms with van der Waals surface area (Å²) in [5.74, 6) is -1.42. The lowest BCUT2D eigenvalue weighted by atomic mass is 10.0. The zero-order valence-electron chi connectivity index (χ0n) is 17.9. The summed E-state index contributed by atoms with van der Waals surface area (Å²) >= 11 is 0. The Bertz CT molecular complexity index is 673. The fourth-order valence-corrected chi connectivity index (χ4v) is 3.20. The van der Waals surface area contributed by atoms with Gasteiger partial charge in [0.15, 0.2) is 5.79 Å². The zero-order chi connectivity index (χ0) is 22.1. The molecule has 1 aliphatic heterocycles. The van der Waals surface area contributed by atoms with Crippen LogP contribution in [-0.4, -0.2) is 73.0 Å². The minimum atomic E-state index is -0.897. The second-order valence-corrected chi connectivity index (χ2v) is 7.55. The number of hydrogen-bond acceptors (Lipinski definition) is 8. The molecule has 8 nitrogen and oxygen atoms in total. The standard InChI is InChI=1S/C22H32O8/c1-15(24)17(27-14-26-4)10-11-18(28-21(25)16-8-6-5-7-9-16)20-19(12-13-23)29-22(2,3)30-20/h5-11,15,17-20,23-24H,12-14H2,1-4H3/t15-,17+,18?,19-,20+/m0/s1. The van der Waals surface area contributed by atoms with Crippen LogP contribution in [0.1, 0.15) is 37.6 Å². The fourth-order valence-electron chi connectivity index (χ4n) is 3.20. The monoisotopic (exact) mass is 424 g/mol. The second-order valence-electron chi connectivity index (χ2n) is 7.55. The lowest BCUT2D eigenvalue weighted by Gasteiger charge is -2.25. The Labute approximate surface area is 177 Å². The van der Waals surface area contributed by atoms with Crippen LogP contribution < -0.4 is 0 Å². The number of esters is 1. The molecule has 2 rings (SSSR count). The quantitative estimate of drug-likeness (QED) is 0.316. The summed E-state index contributed by atoms with van der Waals surface area (Å²) in [6, 6.07) is 8.62. The van der Waals surface area contributed by atoms with Gasteiger partial charge in [0.25, 0.3) is 0 Å². The second kappa shape index (κ2) is 11.5. The molecule has 30 heavy (non-hydrogen) atoms. The van der Waals surface area contributed by atoms with E-state index >= 15 is 0 Å². The summed E-state index contributed by atoms with van der Waals surface area (Å²) in [4.78, 5) is 12.7. The van der Waals surface area contributed by atoms with Crippen LogP contribution in [0.25, 0.3) is 0 Å². The molecular formula is C22H32O8. The van der Waals surface area contributed by atoms with Crippen molar-refractivity contribution in [2.45, 2.75) is 63.5 Å². The third-order valence-corrected chi connectivity index (χ3v) is 4.56. The Morgan fingerprint density at radius 2 is 1.93 bits per heavy atom. The summed E-state index contributed by atoms with van der Waals surface area (Å²) in [5, 5.41) is 19.4. The van der Waals surface area contributed by atoms with Crippen LogP contribution in [0.2, 0.25) is 0 Å². The molecule has 0 aromatic heterocycles. The molecule has 1 saturated heterocycles. The van der Waals surface area contributed by atoms with Crippen molar-refractivity contribution < 1.29 is 38.7 Å². The number of aliphatic hydroxyl groups is 2. The van der Waals surface area contributed by atoms with Gasteiger partial charge in [-0.25, -0.2) is 4.79 Å². The normalized spacial score (nSPS) is 23.9. The summed E-state index contributed by atoms with van der Waals surface area (Å²) < 4.78 is 28.0. The van der Waals surface area contributed by atoms with Gasteiger partial charge in [0.2, 0.25) is 0 Å². The van der Waals surface area contributed by atoms with Crippen LogP contribution in [0, 0.1) is 0 Å². The highest BCUT2D eigenvalue weighted by Crippen LogP contribution is 2.33. The van der Waals surface area contributed by atoms with Crippen molar-refractivity contribution in [2.24, 2.45) is 0 Å². The number of ether oxygens (including phenoxy) is 5. The molecule has 0 radical (unpaired) electrons. The topological polar surface area (TPSA) is 104 Å². The highest BCUT2D eigenvalue weighted by molar-refractivity contribution is 5.89. The fraction of sp³-hybridized carbons (Fsp3) is 0.591. The van der Waals surface area contributed by atoms with Crippen molar-refractivity contribution in [1.82, 2.24) is 0 Å². The van der Waals surface area contributed by atoms with Gasteiger partial charge in [0.05, 0.1) is 17.8 Å². The van der Waals surface area contributed by atoms with Crippen LogP contribution in [0.3, 0.4) is 0 Å². The lowest BCUT2D eigenvalue weighted by Crippen LogP contribution is -2.38. The smallest absolute Gasteiger partial charge is 0.338 e. The average Bonchev–Trinajstić information content (AvgIpc) is 3.01. The predicted octanol–water partition coefficient (Wildman–Crippen LogP) is 2.04. The SMILES string of the molecule is COCO[C@H](C=CC(OC(=O)c1ccccc1)[C@H]1OC(C)(C)O[C@H]1CCO)[C@H](C)O. The predicted molar refractivity (Wildman–Crippen MR) is 109 cm³/mol. The summed E-state index contributed by atoms with van der Waals surface area (Å²) in [5.41, 5.74) is 0.399. The van der Waals surface area contributed by atoms with E-state index in [0.717, 1.165) is 0 Å². The van der Waals surface area contributed by atoms with Crippen LogP contribution in [0.5, 0.6) is 0 Å². The molecule has 8 heteroatoms. The minimum Gasteiger partial charge on any atom is -0.452 e. The van der Waals surface area contributed by atoms with Crippen LogP contribution >= 0.6 is 0 Å². The van der Waals surface area contributed by atoms with Gasteiger partial charge >= 0.3 is 5.97 Å². The maximum atomic E-state index is 12.7. The molecule has 1 heterocycles. The molecule has 1 fully saturated rings. The molecule has 1 unspecified atom stereocenters. The van der Waals surface area contributed by atoms with Crippen molar-refractivity contribution in [1.29, 1.82) is 0 Å². The van der Waals surface area contributed by atoms with E-state index in [-0.39, 0.29) is 13.4 Å². The van der Waals surface area contributed by atoms with Gasteiger partial charge in [0, 0.05) is 13.7 Å². The number of aliphatic hydroxyl groups excluding tert-OH is 2. The molecule has 0 saturated carbocycles. The highest BCUT2D eigenvalue weighted by Gasteiger charge is 2.45. The Hall–Kier alpha value is -1.81. The molecular weight excluding hydrogens is 392 g/mol. The molecule has 0 spiro atoms. The third kappa shape index (κ3) is 7.16. The van der Waals surface area contributed by atoms with Gasteiger partial charge in [0.1, 0.15) is 25.1 Å². The van der Waals surface area contributed by atoms with Crippen LogP contribution in [0.15, 0.2) is 42.5 Å². The molecule has 2 N–H and O–H groups in total. The van der Waals surface area contributed by atoms with Crippen LogP contribution in [0.4, 0.5) is 0 Å². The number of benzene rings is 1. The first-order chi connectivity index (χ1) is 14.3. The molecule has 1 aromatic carbocycles. The van der Waals surface area contributed by atoms with Crippen molar-refractivity contribution in [3.63, 3.8) is 0 Å². The first kappa shape index (κ1) is 24.5. The van der Waals surface area contributed by atoms with Gasteiger partial charge in [-0.2, -0.15) is 0 Å². The van der Waals surface area contributed by atoms with Crippen LogP contribution in [-0.2, 0) is 23.7 Å². The van der Waals surface area contributed by atoms with Crippen molar-refractivity contribution in [3.05, 3.63) is 48.0 Å². The Kier molecular flexibility index (Phi) is 9.41. The van der Waals surface area contributed by atoms with E-state index in [9.17, 15) is 15.0 Å². The van der Waals surface area contributed by atoms with Gasteiger partial charge in [-0.05, 0) is 45.4 Å². The molecule has 1 aliphatic rings. The molecule has 0 bridgehead atoms. The van der Waals surface area contributed by atoms with Gasteiger partial charge < -0.3 is 33.9 Å². The summed E-state index contributed by atoms with van der Waals surface area (Å²) in [6.45, 7) is 5.01. The van der Waals surface area contributed by atoms with Crippen molar-refractivity contribution >= 4 is 5.97 Å². The Balaban J connectivity index is 2.26. The maximum absolute atomic E-state index is 12.7. The minimum absolute atomic E-state index is 0.00240. The maximum Gasteiger partial charge on any atom is 0.338 e. The van der Waals surface area contributed by atoms with Crippen molar-refractivity contribution in [2.75, 3.05) is 20.5 Å². The van der Waals surface area contributed by atoms with E-state index in [0.29, 0.717) is 12.0 Å². The van der Waals surface area contributed by atoms with E-state index in [4.69, 9.17) is 23.7 Å². The molecule has 5 atom stereocenters. The number of carbonyl (C=O) groups is 1. The molecule has 1 aromatic rings. The van der Waals surface area contributed by atoms with E-state index in [1.807, 2.05) is 6.07 Å². The van der Waals surface area contributed by atoms with Gasteiger partial charge in [-0.1, -0.05) is 24.3 Å². The third-order valence-electron chi connectivity index (χ3n) is 4.56. The van der Waals surface area contributed by atoms with E-state index in [1.54, 1.807) is 57.2 Å². The first-order valence-corrected chi connectivity index (χ1v) is 9.97. The highest BCUT2D eigenvalue weighted by atomic mass is 16.8. The number of carbonyl (C=O) groups excluding carboxylic acids is 1. The van der Waals surface area contributed by atoms with E-state index < -0.39 is 42.3 Å². The largest absolute Gasteiger partial charge is 0.452 e. The number of rotatable bonds is 11. The van der Waals surface area contributed by atoms with Crippen molar-refractivity contribution in [3.8, 4) is 0 Å². The molecule has 0 amide bonds. The van der Waals surface area contributed by atoms with Gasteiger partial charge in [-0.15, -0.1) is 0 Å². The van der Waals surface area contributed by atoms with E-state index in [1.165, 1.54) is 7.11 Å². The first-order valence-electron chi connectivity index (χ1n) is 9.97. The number of hydrogen-bond donors (Lipinski definition) is 2. The molecule has 0 aliphatic carbocycles. The molecule has 168 valence electrons. The Morgan fingerprint density at radius 1 is 1.23 bits per heavy atom. The van der Waals surface area contributed by atoms with Gasteiger partial charge in [-0.3, -0.25) is 0 Å². The summed E-state index contributed by atoms with van der Waals surface area (Å²) in [7, 11) is 1.48. The Morgan fingerprint density at radius 3 is 2.53 bits per heavy atom. The zero-order valence-corrected chi connectivity index (χ0v) is 17.9. The average molecular weight is 424 g/mol.